The fourth-order valence-electron chi connectivity index (χ4n) is 1.85. The molecule has 3 N–H and O–H groups in total. The minimum atomic E-state index is -0.422. The van der Waals surface area contributed by atoms with Crippen LogP contribution in [0.15, 0.2) is 24.3 Å². The fourth-order valence-corrected chi connectivity index (χ4v) is 1.85. The number of halogens is 1. The van der Waals surface area contributed by atoms with Gasteiger partial charge in [0.1, 0.15) is 12.4 Å². The molecule has 126 valence electrons. The minimum Gasteiger partial charge on any atom is -0.492 e. The Bertz CT molecular complexity index is 441. The number of nitrogens with zero attached hydrogens (tertiary/aromatic N) is 1. The first kappa shape index (κ1) is 20.7. The molecule has 1 rings (SSSR count). The first-order valence-electron chi connectivity index (χ1n) is 7.42. The summed E-state index contributed by atoms with van der Waals surface area (Å²) in [6, 6.07) is 7.34. The number of benzene rings is 1. The molecule has 0 saturated heterocycles. The van der Waals surface area contributed by atoms with Crippen molar-refractivity contribution in [2.24, 2.45) is 5.73 Å². The zero-order chi connectivity index (χ0) is 15.7. The van der Waals surface area contributed by atoms with Crippen LogP contribution in [-0.4, -0.2) is 44.1 Å². The van der Waals surface area contributed by atoms with Crippen molar-refractivity contribution in [3.8, 4) is 5.75 Å². The van der Waals surface area contributed by atoms with E-state index in [4.69, 9.17) is 10.5 Å². The second kappa shape index (κ2) is 11.3. The van der Waals surface area contributed by atoms with Gasteiger partial charge in [0, 0.05) is 13.1 Å². The highest BCUT2D eigenvalue weighted by molar-refractivity contribution is 5.85. The second-order valence-electron chi connectivity index (χ2n) is 5.41. The van der Waals surface area contributed by atoms with E-state index in [9.17, 15) is 4.79 Å². The zero-order valence-electron chi connectivity index (χ0n) is 13.7. The average molecular weight is 330 g/mol. The molecular formula is C16H28ClN3O2. The van der Waals surface area contributed by atoms with Gasteiger partial charge in [0.05, 0.1) is 6.04 Å². The Morgan fingerprint density at radius 1 is 1.41 bits per heavy atom. The van der Waals surface area contributed by atoms with Gasteiger partial charge in [-0.25, -0.2) is 0 Å². The third-order valence-electron chi connectivity index (χ3n) is 3.11. The van der Waals surface area contributed by atoms with Crippen molar-refractivity contribution in [3.63, 3.8) is 0 Å². The van der Waals surface area contributed by atoms with Gasteiger partial charge in [-0.15, -0.1) is 12.4 Å². The van der Waals surface area contributed by atoms with Crippen LogP contribution in [0.1, 0.15) is 25.3 Å². The predicted molar refractivity (Wildman–Crippen MR) is 92.5 cm³/mol. The van der Waals surface area contributed by atoms with Crippen molar-refractivity contribution in [3.05, 3.63) is 29.8 Å². The molecule has 0 fully saturated rings. The van der Waals surface area contributed by atoms with E-state index in [0.29, 0.717) is 19.6 Å². The summed E-state index contributed by atoms with van der Waals surface area (Å²) in [5, 5.41) is 2.86. The van der Waals surface area contributed by atoms with Gasteiger partial charge in [0.2, 0.25) is 5.91 Å². The molecule has 0 spiro atoms. The number of hydrogen-bond acceptors (Lipinski definition) is 4. The molecule has 1 amide bonds. The third kappa shape index (κ3) is 8.22. The molecule has 0 aromatic heterocycles. The highest BCUT2D eigenvalue weighted by atomic mass is 35.5. The molecule has 0 saturated carbocycles. The van der Waals surface area contributed by atoms with Crippen LogP contribution in [0.25, 0.3) is 0 Å². The molecular weight excluding hydrogens is 302 g/mol. The van der Waals surface area contributed by atoms with E-state index in [0.717, 1.165) is 24.3 Å². The molecule has 22 heavy (non-hydrogen) atoms. The molecule has 0 bridgehead atoms. The van der Waals surface area contributed by atoms with Gasteiger partial charge in [-0.1, -0.05) is 25.5 Å². The summed E-state index contributed by atoms with van der Waals surface area (Å²) in [5.41, 5.74) is 6.78. The minimum absolute atomic E-state index is 0. The number of likely N-dealkylation sites (N-methyl/N-ethyl adjacent to an activating group) is 1. The van der Waals surface area contributed by atoms with Crippen molar-refractivity contribution in [2.75, 3.05) is 27.2 Å². The van der Waals surface area contributed by atoms with Crippen molar-refractivity contribution in [1.29, 1.82) is 0 Å². The lowest BCUT2D eigenvalue weighted by molar-refractivity contribution is -0.122. The number of nitrogens with one attached hydrogen (secondary N) is 1. The Kier molecular flexibility index (Phi) is 10.6. The van der Waals surface area contributed by atoms with E-state index in [1.54, 1.807) is 0 Å². The number of rotatable bonds is 9. The molecule has 6 heteroatoms. The molecule has 0 aliphatic carbocycles. The summed E-state index contributed by atoms with van der Waals surface area (Å²) in [7, 11) is 4.02. The van der Waals surface area contributed by atoms with E-state index in [1.165, 1.54) is 0 Å². The van der Waals surface area contributed by atoms with Crippen molar-refractivity contribution < 1.29 is 9.53 Å². The number of ether oxygens (including phenoxy) is 1. The normalized spacial score (nSPS) is 11.7. The van der Waals surface area contributed by atoms with Gasteiger partial charge in [-0.3, -0.25) is 4.79 Å². The van der Waals surface area contributed by atoms with E-state index in [2.05, 4.69) is 10.2 Å². The van der Waals surface area contributed by atoms with Crippen molar-refractivity contribution in [1.82, 2.24) is 10.2 Å². The van der Waals surface area contributed by atoms with Crippen LogP contribution >= 0.6 is 12.4 Å². The lowest BCUT2D eigenvalue weighted by Crippen LogP contribution is -2.40. The first-order valence-corrected chi connectivity index (χ1v) is 7.42. The average Bonchev–Trinajstić information content (AvgIpc) is 2.45. The maximum Gasteiger partial charge on any atom is 0.237 e. The summed E-state index contributed by atoms with van der Waals surface area (Å²) in [5.74, 6) is 0.720. The number of hydrogen-bond donors (Lipinski definition) is 2. The summed E-state index contributed by atoms with van der Waals surface area (Å²) < 4.78 is 5.67. The smallest absolute Gasteiger partial charge is 0.237 e. The van der Waals surface area contributed by atoms with Crippen LogP contribution in [0.5, 0.6) is 5.75 Å². The number of carbonyl (C=O) groups is 1. The van der Waals surface area contributed by atoms with E-state index >= 15 is 0 Å². The van der Waals surface area contributed by atoms with Crippen molar-refractivity contribution >= 4 is 18.3 Å². The van der Waals surface area contributed by atoms with Crippen molar-refractivity contribution in [2.45, 2.75) is 32.4 Å². The van der Waals surface area contributed by atoms with Crippen LogP contribution < -0.4 is 15.8 Å². The molecule has 1 atom stereocenters. The maximum atomic E-state index is 11.8. The topological polar surface area (TPSA) is 67.6 Å². The van der Waals surface area contributed by atoms with Gasteiger partial charge >= 0.3 is 0 Å². The quantitative estimate of drug-likeness (QED) is 0.725. The Morgan fingerprint density at radius 3 is 2.77 bits per heavy atom. The Morgan fingerprint density at radius 2 is 2.14 bits per heavy atom. The Balaban J connectivity index is 0.00000441. The van der Waals surface area contributed by atoms with Gasteiger partial charge < -0.3 is 20.7 Å². The molecule has 1 aromatic carbocycles. The Hall–Kier alpha value is -1.30. The number of amides is 1. The van der Waals surface area contributed by atoms with E-state index < -0.39 is 6.04 Å². The lowest BCUT2D eigenvalue weighted by Gasteiger charge is -2.13. The molecule has 0 radical (unpaired) electrons. The zero-order valence-corrected chi connectivity index (χ0v) is 14.5. The third-order valence-corrected chi connectivity index (χ3v) is 3.11. The van der Waals surface area contributed by atoms with E-state index in [1.807, 2.05) is 45.3 Å². The van der Waals surface area contributed by atoms with Crippen LogP contribution in [0.4, 0.5) is 0 Å². The summed E-state index contributed by atoms with van der Waals surface area (Å²) >= 11 is 0. The SMILES string of the molecule is CCCC(N)C(=O)NCc1cccc(OCCN(C)C)c1.Cl. The number of nitrogens with two attached hydrogens (primary N) is 1. The molecule has 1 unspecified atom stereocenters. The van der Waals surface area contributed by atoms with E-state index in [-0.39, 0.29) is 18.3 Å². The molecule has 0 aliphatic heterocycles. The number of carbonyl (C=O) groups excluding carboxylic acids is 1. The van der Waals surface area contributed by atoms with Gasteiger partial charge in [0.25, 0.3) is 0 Å². The summed E-state index contributed by atoms with van der Waals surface area (Å²) in [6.07, 6.45) is 1.61. The highest BCUT2D eigenvalue weighted by Crippen LogP contribution is 2.13. The van der Waals surface area contributed by atoms with Crippen LogP contribution in [-0.2, 0) is 11.3 Å². The summed E-state index contributed by atoms with van der Waals surface area (Å²) in [4.78, 5) is 13.8. The molecule has 0 heterocycles. The van der Waals surface area contributed by atoms with Gasteiger partial charge in [-0.05, 0) is 38.2 Å². The maximum absolute atomic E-state index is 11.8. The second-order valence-corrected chi connectivity index (χ2v) is 5.41. The molecule has 0 aliphatic rings. The molecule has 1 aromatic rings. The van der Waals surface area contributed by atoms with Gasteiger partial charge in [0.15, 0.2) is 0 Å². The fraction of sp³-hybridized carbons (Fsp3) is 0.562. The van der Waals surface area contributed by atoms with Crippen LogP contribution in [0.3, 0.4) is 0 Å². The van der Waals surface area contributed by atoms with Gasteiger partial charge in [-0.2, -0.15) is 0 Å². The summed E-state index contributed by atoms with van der Waals surface area (Å²) in [6.45, 7) is 4.00. The highest BCUT2D eigenvalue weighted by Gasteiger charge is 2.11. The molecule has 5 nitrogen and oxygen atoms in total. The van der Waals surface area contributed by atoms with Crippen LogP contribution in [0.2, 0.25) is 0 Å². The Labute approximate surface area is 139 Å². The van der Waals surface area contributed by atoms with Crippen LogP contribution in [0, 0.1) is 0 Å². The first-order chi connectivity index (χ1) is 10.0. The standard InChI is InChI=1S/C16H27N3O2.ClH/c1-4-6-15(17)16(20)18-12-13-7-5-8-14(11-13)21-10-9-19(2)3;/h5,7-8,11,15H,4,6,9-10,12,17H2,1-3H3,(H,18,20);1H. The predicted octanol–water partition coefficient (Wildman–Crippen LogP) is 1.79. The monoisotopic (exact) mass is 329 g/mol. The lowest BCUT2D eigenvalue weighted by atomic mass is 10.1. The largest absolute Gasteiger partial charge is 0.492 e.